The van der Waals surface area contributed by atoms with Crippen molar-refractivity contribution in [2.24, 2.45) is 5.92 Å². The predicted molar refractivity (Wildman–Crippen MR) is 108 cm³/mol. The van der Waals surface area contributed by atoms with Crippen LogP contribution in [0.5, 0.6) is 0 Å². The first-order chi connectivity index (χ1) is 13.6. The number of carbonyl (C=O) groups is 1. The summed E-state index contributed by atoms with van der Waals surface area (Å²) in [6.07, 6.45) is 7.41. The summed E-state index contributed by atoms with van der Waals surface area (Å²) in [5.74, 6) is 0.601. The van der Waals surface area contributed by atoms with Gasteiger partial charge in [-0.05, 0) is 50.3 Å². The average molecular weight is 383 g/mol. The molecule has 2 fully saturated rings. The van der Waals surface area contributed by atoms with Gasteiger partial charge in [0.05, 0.1) is 11.9 Å². The highest BCUT2D eigenvalue weighted by molar-refractivity contribution is 5.92. The molecule has 3 heterocycles. The van der Waals surface area contributed by atoms with E-state index in [4.69, 9.17) is 0 Å². The minimum absolute atomic E-state index is 0.0352. The first kappa shape index (κ1) is 18.7. The lowest BCUT2D eigenvalue weighted by Gasteiger charge is -2.34. The Balaban J connectivity index is 1.38. The predicted octanol–water partition coefficient (Wildman–Crippen LogP) is 3.38. The summed E-state index contributed by atoms with van der Waals surface area (Å²) in [6, 6.07) is 4.81. The molecule has 4 rings (SSSR count). The van der Waals surface area contributed by atoms with Gasteiger partial charge in [0.2, 0.25) is 5.91 Å². The smallest absolute Gasteiger partial charge is 0.227 e. The van der Waals surface area contributed by atoms with Crippen LogP contribution in [0.15, 0.2) is 30.7 Å². The second-order valence-corrected chi connectivity index (χ2v) is 7.64. The number of hydrogen-bond donors (Lipinski definition) is 1. The maximum atomic E-state index is 13.7. The van der Waals surface area contributed by atoms with Gasteiger partial charge in [0, 0.05) is 37.8 Å². The molecule has 28 heavy (non-hydrogen) atoms. The van der Waals surface area contributed by atoms with Crippen molar-refractivity contribution in [1.29, 1.82) is 0 Å². The van der Waals surface area contributed by atoms with E-state index in [0.717, 1.165) is 50.5 Å². The van der Waals surface area contributed by atoms with Gasteiger partial charge in [0.1, 0.15) is 12.1 Å². The maximum Gasteiger partial charge on any atom is 0.227 e. The average Bonchev–Trinajstić information content (AvgIpc) is 3.26. The fourth-order valence-electron chi connectivity index (χ4n) is 4.01. The summed E-state index contributed by atoms with van der Waals surface area (Å²) < 4.78 is 13.7. The van der Waals surface area contributed by atoms with E-state index < -0.39 is 0 Å². The van der Waals surface area contributed by atoms with Crippen LogP contribution in [0.4, 0.5) is 21.6 Å². The van der Waals surface area contributed by atoms with Gasteiger partial charge in [-0.15, -0.1) is 0 Å². The number of nitrogens with one attached hydrogen (secondary N) is 1. The standard InChI is InChI=1S/C21H26FN5O/c1-15-4-5-17(12-18(15)22)25-21(28)16-6-10-26(11-7-16)19-13-23-14-24-20(19)27-8-2-3-9-27/h4-5,12-14,16H,2-3,6-11H2,1H3,(H,25,28). The molecule has 2 saturated heterocycles. The Morgan fingerprint density at radius 2 is 1.89 bits per heavy atom. The van der Waals surface area contributed by atoms with E-state index in [9.17, 15) is 9.18 Å². The summed E-state index contributed by atoms with van der Waals surface area (Å²) in [5, 5.41) is 2.86. The van der Waals surface area contributed by atoms with E-state index in [1.807, 2.05) is 6.20 Å². The number of benzene rings is 1. The largest absolute Gasteiger partial charge is 0.367 e. The van der Waals surface area contributed by atoms with Gasteiger partial charge in [-0.2, -0.15) is 0 Å². The van der Waals surface area contributed by atoms with Gasteiger partial charge in [-0.25, -0.2) is 14.4 Å². The molecule has 0 bridgehead atoms. The SMILES string of the molecule is Cc1ccc(NC(=O)C2CCN(c3cncnc3N3CCCC3)CC2)cc1F. The molecule has 2 aliphatic heterocycles. The zero-order valence-electron chi connectivity index (χ0n) is 16.2. The molecule has 7 heteroatoms. The second kappa shape index (κ2) is 8.12. The van der Waals surface area contributed by atoms with Gasteiger partial charge in [-0.3, -0.25) is 4.79 Å². The number of aryl methyl sites for hydroxylation is 1. The number of amides is 1. The Kier molecular flexibility index (Phi) is 5.41. The lowest BCUT2D eigenvalue weighted by Crippen LogP contribution is -2.39. The first-order valence-corrected chi connectivity index (χ1v) is 9.99. The Labute approximate surface area is 164 Å². The number of hydrogen-bond acceptors (Lipinski definition) is 5. The molecule has 6 nitrogen and oxygen atoms in total. The van der Waals surface area contributed by atoms with Crippen LogP contribution in [-0.4, -0.2) is 42.1 Å². The third kappa shape index (κ3) is 3.93. The van der Waals surface area contributed by atoms with Gasteiger partial charge in [-0.1, -0.05) is 6.07 Å². The summed E-state index contributed by atoms with van der Waals surface area (Å²) in [5.41, 5.74) is 2.15. The molecule has 0 aliphatic carbocycles. The number of halogens is 1. The third-order valence-corrected chi connectivity index (χ3v) is 5.72. The Morgan fingerprint density at radius 3 is 2.61 bits per heavy atom. The summed E-state index contributed by atoms with van der Waals surface area (Å²) in [4.78, 5) is 25.9. The molecule has 0 spiro atoms. The minimum atomic E-state index is -0.300. The van der Waals surface area contributed by atoms with Crippen molar-refractivity contribution in [3.05, 3.63) is 42.1 Å². The van der Waals surface area contributed by atoms with E-state index in [2.05, 4.69) is 25.1 Å². The van der Waals surface area contributed by atoms with Gasteiger partial charge >= 0.3 is 0 Å². The number of rotatable bonds is 4. The number of carbonyl (C=O) groups excluding carboxylic acids is 1. The first-order valence-electron chi connectivity index (χ1n) is 9.99. The fraction of sp³-hybridized carbons (Fsp3) is 0.476. The highest BCUT2D eigenvalue weighted by Crippen LogP contribution is 2.32. The van der Waals surface area contributed by atoms with Crippen LogP contribution in [0, 0.1) is 18.7 Å². The van der Waals surface area contributed by atoms with Crippen molar-refractivity contribution < 1.29 is 9.18 Å². The van der Waals surface area contributed by atoms with Crippen molar-refractivity contribution in [2.45, 2.75) is 32.6 Å². The van der Waals surface area contributed by atoms with Gasteiger partial charge in [0.25, 0.3) is 0 Å². The molecular weight excluding hydrogens is 357 g/mol. The number of anilines is 3. The van der Waals surface area contributed by atoms with Crippen molar-refractivity contribution >= 4 is 23.1 Å². The molecule has 2 aromatic rings. The van der Waals surface area contributed by atoms with E-state index in [1.165, 1.54) is 18.9 Å². The summed E-state index contributed by atoms with van der Waals surface area (Å²) in [6.45, 7) is 5.36. The monoisotopic (exact) mass is 383 g/mol. The van der Waals surface area contributed by atoms with Crippen molar-refractivity contribution in [1.82, 2.24) is 9.97 Å². The molecule has 1 aromatic carbocycles. The molecule has 0 atom stereocenters. The lowest BCUT2D eigenvalue weighted by molar-refractivity contribution is -0.120. The topological polar surface area (TPSA) is 61.4 Å². The highest BCUT2D eigenvalue weighted by atomic mass is 19.1. The van der Waals surface area contributed by atoms with Crippen molar-refractivity contribution in [2.75, 3.05) is 41.3 Å². The van der Waals surface area contributed by atoms with Crippen LogP contribution in [0.2, 0.25) is 0 Å². The molecule has 1 aromatic heterocycles. The molecule has 2 aliphatic rings. The zero-order valence-corrected chi connectivity index (χ0v) is 16.2. The summed E-state index contributed by atoms with van der Waals surface area (Å²) in [7, 11) is 0. The van der Waals surface area contributed by atoms with Gasteiger partial charge in [0.15, 0.2) is 5.82 Å². The van der Waals surface area contributed by atoms with Crippen LogP contribution in [0.25, 0.3) is 0 Å². The Hall–Kier alpha value is -2.70. The Bertz CT molecular complexity index is 844. The highest BCUT2D eigenvalue weighted by Gasteiger charge is 2.28. The zero-order chi connectivity index (χ0) is 19.5. The molecule has 1 N–H and O–H groups in total. The number of aromatic nitrogens is 2. The van der Waals surface area contributed by atoms with E-state index in [-0.39, 0.29) is 17.6 Å². The number of piperidine rings is 1. The van der Waals surface area contributed by atoms with Gasteiger partial charge < -0.3 is 15.1 Å². The van der Waals surface area contributed by atoms with E-state index in [0.29, 0.717) is 11.3 Å². The van der Waals surface area contributed by atoms with Crippen LogP contribution in [0.1, 0.15) is 31.2 Å². The molecule has 1 amide bonds. The molecule has 148 valence electrons. The van der Waals surface area contributed by atoms with Crippen LogP contribution in [0.3, 0.4) is 0 Å². The van der Waals surface area contributed by atoms with E-state index >= 15 is 0 Å². The molecule has 0 saturated carbocycles. The molecule has 0 radical (unpaired) electrons. The fourth-order valence-corrected chi connectivity index (χ4v) is 4.01. The molecule has 0 unspecified atom stereocenters. The maximum absolute atomic E-state index is 13.7. The van der Waals surface area contributed by atoms with Crippen LogP contribution < -0.4 is 15.1 Å². The van der Waals surface area contributed by atoms with E-state index in [1.54, 1.807) is 25.4 Å². The third-order valence-electron chi connectivity index (χ3n) is 5.72. The quantitative estimate of drug-likeness (QED) is 0.877. The molecular formula is C21H26FN5O. The minimum Gasteiger partial charge on any atom is -0.367 e. The summed E-state index contributed by atoms with van der Waals surface area (Å²) >= 11 is 0. The van der Waals surface area contributed by atoms with Crippen LogP contribution in [-0.2, 0) is 4.79 Å². The Morgan fingerprint density at radius 1 is 1.14 bits per heavy atom. The van der Waals surface area contributed by atoms with Crippen molar-refractivity contribution in [3.8, 4) is 0 Å². The van der Waals surface area contributed by atoms with Crippen molar-refractivity contribution in [3.63, 3.8) is 0 Å². The normalized spacial score (nSPS) is 17.8. The van der Waals surface area contributed by atoms with Crippen LogP contribution >= 0.6 is 0 Å². The lowest BCUT2D eigenvalue weighted by atomic mass is 9.95. The second-order valence-electron chi connectivity index (χ2n) is 7.64. The number of nitrogens with zero attached hydrogens (tertiary/aromatic N) is 4.